The molecule has 2 N–H and O–H groups in total. The van der Waals surface area contributed by atoms with E-state index in [1.807, 2.05) is 6.07 Å². The molecule has 0 bridgehead atoms. The number of benzene rings is 1. The van der Waals surface area contributed by atoms with Crippen molar-refractivity contribution in [1.82, 2.24) is 4.90 Å². The summed E-state index contributed by atoms with van der Waals surface area (Å²) in [6.07, 6.45) is 2.71. The van der Waals surface area contributed by atoms with Gasteiger partial charge in [0.2, 0.25) is 0 Å². The van der Waals surface area contributed by atoms with Crippen LogP contribution in [0, 0.1) is 5.82 Å². The molecule has 120 valence electrons. The first kappa shape index (κ1) is 17.9. The largest absolute Gasteiger partial charge is 0.370 e. The summed E-state index contributed by atoms with van der Waals surface area (Å²) in [4.78, 5) is 4.51. The highest BCUT2D eigenvalue weighted by atomic mass is 19.1. The smallest absolute Gasteiger partial charge is 0.123 e. The Morgan fingerprint density at radius 1 is 1.14 bits per heavy atom. The van der Waals surface area contributed by atoms with E-state index >= 15 is 0 Å². The average Bonchev–Trinajstić information content (AvgIpc) is 2.43. The maximum atomic E-state index is 13.6. The molecule has 0 saturated carbocycles. The topological polar surface area (TPSA) is 32.5 Å². The lowest BCUT2D eigenvalue weighted by Gasteiger charge is -2.29. The molecule has 1 aromatic carbocycles. The summed E-state index contributed by atoms with van der Waals surface area (Å²) in [6.45, 7) is 7.15. The van der Waals surface area contributed by atoms with Crippen molar-refractivity contribution in [1.29, 1.82) is 0 Å². The fourth-order valence-electron chi connectivity index (χ4n) is 2.40. The number of halogens is 1. The fraction of sp³-hybridized carbons (Fsp3) is 0.647. The van der Waals surface area contributed by atoms with Gasteiger partial charge < -0.3 is 15.5 Å². The lowest BCUT2D eigenvalue weighted by atomic mass is 10.0. The number of hydrogen-bond donors (Lipinski definition) is 1. The summed E-state index contributed by atoms with van der Waals surface area (Å²) >= 11 is 0. The molecule has 3 nitrogen and oxygen atoms in total. The second-order valence-electron chi connectivity index (χ2n) is 5.94. The maximum absolute atomic E-state index is 13.6. The minimum absolute atomic E-state index is 0.0860. The molecule has 0 aliphatic heterocycles. The van der Waals surface area contributed by atoms with Gasteiger partial charge in [-0.3, -0.25) is 0 Å². The van der Waals surface area contributed by atoms with Gasteiger partial charge in [0.05, 0.1) is 0 Å². The standard InChI is InChI=1S/C17H30FN3/c1-5-9-21(11-10-20(3)4)17-8-7-15(18)12-14(17)13-16(19)6-2/h7-8,12,16H,5-6,9-11,13,19H2,1-4H3. The quantitative estimate of drug-likeness (QED) is 0.760. The van der Waals surface area contributed by atoms with Crippen LogP contribution in [0.1, 0.15) is 32.3 Å². The van der Waals surface area contributed by atoms with Crippen LogP contribution in [0.3, 0.4) is 0 Å². The number of nitrogens with zero attached hydrogens (tertiary/aromatic N) is 2. The molecule has 0 aliphatic carbocycles. The molecule has 0 amide bonds. The van der Waals surface area contributed by atoms with Crippen molar-refractivity contribution in [3.63, 3.8) is 0 Å². The monoisotopic (exact) mass is 295 g/mol. The summed E-state index contributed by atoms with van der Waals surface area (Å²) in [6, 6.07) is 5.18. The number of hydrogen-bond acceptors (Lipinski definition) is 3. The van der Waals surface area contributed by atoms with E-state index in [2.05, 4.69) is 37.7 Å². The summed E-state index contributed by atoms with van der Waals surface area (Å²) in [7, 11) is 4.14. The maximum Gasteiger partial charge on any atom is 0.123 e. The highest BCUT2D eigenvalue weighted by molar-refractivity contribution is 5.54. The van der Waals surface area contributed by atoms with Gasteiger partial charge >= 0.3 is 0 Å². The Kier molecular flexibility index (Phi) is 7.68. The van der Waals surface area contributed by atoms with Crippen molar-refractivity contribution in [2.75, 3.05) is 38.6 Å². The van der Waals surface area contributed by atoms with Gasteiger partial charge in [-0.1, -0.05) is 13.8 Å². The van der Waals surface area contributed by atoms with Crippen molar-refractivity contribution >= 4 is 5.69 Å². The molecule has 21 heavy (non-hydrogen) atoms. The lowest BCUT2D eigenvalue weighted by molar-refractivity contribution is 0.412. The zero-order valence-corrected chi connectivity index (χ0v) is 13.9. The van der Waals surface area contributed by atoms with Gasteiger partial charge in [-0.2, -0.15) is 0 Å². The van der Waals surface area contributed by atoms with Gasteiger partial charge in [0.15, 0.2) is 0 Å². The first-order valence-corrected chi connectivity index (χ1v) is 7.91. The van der Waals surface area contributed by atoms with Crippen molar-refractivity contribution in [3.05, 3.63) is 29.6 Å². The Balaban J connectivity index is 2.99. The molecule has 0 aromatic heterocycles. The van der Waals surface area contributed by atoms with Crippen LogP contribution in [0.4, 0.5) is 10.1 Å². The Hall–Kier alpha value is -1.13. The summed E-state index contributed by atoms with van der Waals surface area (Å²) in [5, 5.41) is 0. The molecule has 0 spiro atoms. The van der Waals surface area contributed by atoms with Crippen LogP contribution >= 0.6 is 0 Å². The van der Waals surface area contributed by atoms with Gasteiger partial charge in [0.25, 0.3) is 0 Å². The van der Waals surface area contributed by atoms with Crippen LogP contribution in [0.2, 0.25) is 0 Å². The Bertz CT molecular complexity index is 420. The molecule has 1 atom stereocenters. The van der Waals surface area contributed by atoms with Crippen LogP contribution in [0.25, 0.3) is 0 Å². The Labute approximate surface area is 128 Å². The minimum atomic E-state index is -0.180. The highest BCUT2D eigenvalue weighted by Gasteiger charge is 2.14. The number of nitrogens with two attached hydrogens (primary N) is 1. The van der Waals surface area contributed by atoms with Crippen LogP contribution in [-0.2, 0) is 6.42 Å². The number of likely N-dealkylation sites (N-methyl/N-ethyl adjacent to an activating group) is 1. The van der Waals surface area contributed by atoms with Crippen LogP contribution < -0.4 is 10.6 Å². The van der Waals surface area contributed by atoms with Crippen molar-refractivity contribution in [3.8, 4) is 0 Å². The summed E-state index contributed by atoms with van der Waals surface area (Å²) in [5.41, 5.74) is 8.22. The van der Waals surface area contributed by atoms with Crippen molar-refractivity contribution in [2.24, 2.45) is 5.73 Å². The molecule has 0 radical (unpaired) electrons. The Morgan fingerprint density at radius 2 is 1.86 bits per heavy atom. The lowest BCUT2D eigenvalue weighted by Crippen LogP contribution is -2.33. The molecular formula is C17H30FN3. The second kappa shape index (κ2) is 9.00. The van der Waals surface area contributed by atoms with Gasteiger partial charge in [-0.05, 0) is 57.1 Å². The highest BCUT2D eigenvalue weighted by Crippen LogP contribution is 2.23. The third-order valence-corrected chi connectivity index (χ3v) is 3.70. The molecule has 1 aromatic rings. The van der Waals surface area contributed by atoms with Gasteiger partial charge in [-0.15, -0.1) is 0 Å². The molecule has 0 aliphatic rings. The molecule has 1 rings (SSSR count). The third kappa shape index (κ3) is 6.02. The summed E-state index contributed by atoms with van der Waals surface area (Å²) < 4.78 is 13.6. The summed E-state index contributed by atoms with van der Waals surface area (Å²) in [5.74, 6) is -0.180. The number of rotatable bonds is 9. The van der Waals surface area contributed by atoms with E-state index in [9.17, 15) is 4.39 Å². The van der Waals surface area contributed by atoms with Gasteiger partial charge in [-0.25, -0.2) is 4.39 Å². The van der Waals surface area contributed by atoms with Crippen LogP contribution in [0.15, 0.2) is 18.2 Å². The average molecular weight is 295 g/mol. The predicted octanol–water partition coefficient (Wildman–Crippen LogP) is 2.88. The minimum Gasteiger partial charge on any atom is -0.370 e. The Morgan fingerprint density at radius 3 is 2.43 bits per heavy atom. The van der Waals surface area contributed by atoms with Gasteiger partial charge in [0, 0.05) is 31.4 Å². The first-order valence-electron chi connectivity index (χ1n) is 7.91. The zero-order valence-electron chi connectivity index (χ0n) is 13.9. The van der Waals surface area contributed by atoms with Gasteiger partial charge in [0.1, 0.15) is 5.82 Å². The van der Waals surface area contributed by atoms with Crippen molar-refractivity contribution in [2.45, 2.75) is 39.2 Å². The van der Waals surface area contributed by atoms with E-state index in [0.29, 0.717) is 0 Å². The fourth-order valence-corrected chi connectivity index (χ4v) is 2.40. The van der Waals surface area contributed by atoms with Crippen molar-refractivity contribution < 1.29 is 4.39 Å². The molecule has 0 fully saturated rings. The molecule has 0 saturated heterocycles. The van der Waals surface area contributed by atoms with E-state index in [1.165, 1.54) is 0 Å². The predicted molar refractivity (Wildman–Crippen MR) is 89.4 cm³/mol. The molecular weight excluding hydrogens is 265 g/mol. The SMILES string of the molecule is CCCN(CCN(C)C)c1ccc(F)cc1CC(N)CC. The zero-order chi connectivity index (χ0) is 15.8. The van der Waals surface area contributed by atoms with E-state index in [1.54, 1.807) is 12.1 Å². The van der Waals surface area contributed by atoms with Crippen LogP contribution in [0.5, 0.6) is 0 Å². The first-order chi connectivity index (χ1) is 9.97. The number of anilines is 1. The molecule has 1 unspecified atom stereocenters. The van der Waals surface area contributed by atoms with E-state index in [-0.39, 0.29) is 11.9 Å². The second-order valence-corrected chi connectivity index (χ2v) is 5.94. The van der Waals surface area contributed by atoms with E-state index in [0.717, 1.165) is 50.1 Å². The van der Waals surface area contributed by atoms with E-state index in [4.69, 9.17) is 5.73 Å². The normalized spacial score (nSPS) is 12.7. The molecule has 4 heteroatoms. The third-order valence-electron chi connectivity index (χ3n) is 3.70. The van der Waals surface area contributed by atoms with E-state index < -0.39 is 0 Å². The molecule has 0 heterocycles. The van der Waals surface area contributed by atoms with Crippen LogP contribution in [-0.4, -0.2) is 44.7 Å².